The van der Waals surface area contributed by atoms with Crippen LogP contribution in [0, 0.1) is 0 Å². The zero-order chi connectivity index (χ0) is 13.1. The predicted molar refractivity (Wildman–Crippen MR) is 67.0 cm³/mol. The molecule has 3 atom stereocenters. The van der Waals surface area contributed by atoms with Gasteiger partial charge in [0, 0.05) is 6.61 Å². The van der Waals surface area contributed by atoms with Crippen LogP contribution >= 0.6 is 0 Å². The van der Waals surface area contributed by atoms with Crippen molar-refractivity contribution in [2.75, 3.05) is 13.2 Å². The van der Waals surface area contributed by atoms with E-state index in [1.165, 1.54) is 0 Å². The summed E-state index contributed by atoms with van der Waals surface area (Å²) in [6, 6.07) is -0.620. The van der Waals surface area contributed by atoms with Gasteiger partial charge in [0.2, 0.25) is 11.8 Å². The first-order valence-electron chi connectivity index (χ1n) is 6.89. The maximum Gasteiger partial charge on any atom is 0.246 e. The summed E-state index contributed by atoms with van der Waals surface area (Å²) >= 11 is 0. The molecule has 2 aliphatic heterocycles. The van der Waals surface area contributed by atoms with Crippen molar-refractivity contribution in [3.8, 4) is 0 Å². The molecular formula is C13H22N2O3. The van der Waals surface area contributed by atoms with Gasteiger partial charge >= 0.3 is 0 Å². The average molecular weight is 254 g/mol. The lowest BCUT2D eigenvalue weighted by Crippen LogP contribution is -2.66. The van der Waals surface area contributed by atoms with Crippen LogP contribution in [0.5, 0.6) is 0 Å². The Kier molecular flexibility index (Phi) is 4.22. The Hall–Kier alpha value is -1.10. The Balaban J connectivity index is 2.19. The number of ether oxygens (including phenoxy) is 1. The maximum atomic E-state index is 12.4. The largest absolute Gasteiger partial charge is 0.379 e. The summed E-state index contributed by atoms with van der Waals surface area (Å²) in [5, 5.41) is 2.81. The van der Waals surface area contributed by atoms with Gasteiger partial charge in [0.15, 0.2) is 0 Å². The molecule has 0 radical (unpaired) electrons. The standard InChI is InChI=1S/C13H22N2O3/c1-3-10-13(17)15(9-6-5-7-18-8-9)11(4-2)12(16)14-10/h9-11H,3-8H2,1-2H3,(H,14,16). The monoisotopic (exact) mass is 254 g/mol. The second-order valence-corrected chi connectivity index (χ2v) is 5.01. The van der Waals surface area contributed by atoms with E-state index in [2.05, 4.69) is 5.32 Å². The fourth-order valence-corrected chi connectivity index (χ4v) is 2.83. The van der Waals surface area contributed by atoms with Crippen LogP contribution in [0.4, 0.5) is 0 Å². The highest BCUT2D eigenvalue weighted by atomic mass is 16.5. The van der Waals surface area contributed by atoms with Crippen molar-refractivity contribution in [2.24, 2.45) is 0 Å². The van der Waals surface area contributed by atoms with Gasteiger partial charge in [-0.15, -0.1) is 0 Å². The smallest absolute Gasteiger partial charge is 0.246 e. The topological polar surface area (TPSA) is 58.6 Å². The van der Waals surface area contributed by atoms with Crippen LogP contribution < -0.4 is 5.32 Å². The summed E-state index contributed by atoms with van der Waals surface area (Å²) in [6.45, 7) is 5.19. The number of carbonyl (C=O) groups is 2. The first kappa shape index (κ1) is 13.3. The van der Waals surface area contributed by atoms with Crippen LogP contribution in [0.1, 0.15) is 39.5 Å². The Bertz CT molecular complexity index is 326. The number of hydrogen-bond acceptors (Lipinski definition) is 3. The molecule has 2 heterocycles. The molecule has 5 heteroatoms. The molecule has 102 valence electrons. The molecule has 0 aromatic rings. The van der Waals surface area contributed by atoms with Crippen LogP contribution in [0.3, 0.4) is 0 Å². The molecule has 3 unspecified atom stereocenters. The van der Waals surface area contributed by atoms with Crippen LogP contribution in [-0.2, 0) is 14.3 Å². The number of amides is 2. The van der Waals surface area contributed by atoms with E-state index in [1.807, 2.05) is 13.8 Å². The third kappa shape index (κ3) is 2.36. The summed E-state index contributed by atoms with van der Waals surface area (Å²) in [5.74, 6) is 0.0361. The first-order chi connectivity index (χ1) is 8.69. The lowest BCUT2D eigenvalue weighted by Gasteiger charge is -2.44. The highest BCUT2D eigenvalue weighted by Crippen LogP contribution is 2.22. The van der Waals surface area contributed by atoms with Crippen LogP contribution in [0.2, 0.25) is 0 Å². The fraction of sp³-hybridized carbons (Fsp3) is 0.846. The van der Waals surface area contributed by atoms with Crippen LogP contribution in [0.25, 0.3) is 0 Å². The van der Waals surface area contributed by atoms with Gasteiger partial charge in [-0.25, -0.2) is 0 Å². The van der Waals surface area contributed by atoms with Gasteiger partial charge < -0.3 is 15.0 Å². The molecule has 2 saturated heterocycles. The minimum absolute atomic E-state index is 0.0190. The van der Waals surface area contributed by atoms with E-state index in [4.69, 9.17) is 4.74 Å². The van der Waals surface area contributed by atoms with E-state index in [0.717, 1.165) is 19.4 Å². The molecule has 0 aromatic carbocycles. The molecule has 0 aliphatic carbocycles. The van der Waals surface area contributed by atoms with Crippen molar-refractivity contribution < 1.29 is 14.3 Å². The normalized spacial score (nSPS) is 33.4. The quantitative estimate of drug-likeness (QED) is 0.806. The molecule has 2 amide bonds. The predicted octanol–water partition coefficient (Wildman–Crippen LogP) is 0.681. The first-order valence-corrected chi connectivity index (χ1v) is 6.89. The van der Waals surface area contributed by atoms with Gasteiger partial charge in [-0.1, -0.05) is 13.8 Å². The van der Waals surface area contributed by atoms with E-state index in [-0.39, 0.29) is 29.9 Å². The summed E-state index contributed by atoms with van der Waals surface area (Å²) in [5.41, 5.74) is 0. The Morgan fingerprint density at radius 1 is 1.33 bits per heavy atom. The number of nitrogens with zero attached hydrogens (tertiary/aromatic N) is 1. The van der Waals surface area contributed by atoms with Crippen LogP contribution in [0.15, 0.2) is 0 Å². The van der Waals surface area contributed by atoms with Crippen molar-refractivity contribution in [1.29, 1.82) is 0 Å². The molecule has 0 saturated carbocycles. The zero-order valence-electron chi connectivity index (χ0n) is 11.1. The summed E-state index contributed by atoms with van der Waals surface area (Å²) < 4.78 is 5.46. The van der Waals surface area contributed by atoms with Crippen molar-refractivity contribution in [1.82, 2.24) is 10.2 Å². The highest BCUT2D eigenvalue weighted by molar-refractivity contribution is 5.97. The fourth-order valence-electron chi connectivity index (χ4n) is 2.83. The van der Waals surface area contributed by atoms with E-state index < -0.39 is 0 Å². The highest BCUT2D eigenvalue weighted by Gasteiger charge is 2.42. The van der Waals surface area contributed by atoms with E-state index in [1.54, 1.807) is 4.90 Å². The van der Waals surface area contributed by atoms with Gasteiger partial charge in [-0.3, -0.25) is 9.59 Å². The van der Waals surface area contributed by atoms with E-state index in [9.17, 15) is 9.59 Å². The van der Waals surface area contributed by atoms with Gasteiger partial charge in [0.1, 0.15) is 12.1 Å². The Morgan fingerprint density at radius 2 is 2.11 bits per heavy atom. The molecule has 0 aromatic heterocycles. The number of piperazine rings is 1. The van der Waals surface area contributed by atoms with Crippen molar-refractivity contribution >= 4 is 11.8 Å². The summed E-state index contributed by atoms with van der Waals surface area (Å²) in [7, 11) is 0. The third-order valence-corrected chi connectivity index (χ3v) is 3.83. The van der Waals surface area contributed by atoms with Gasteiger partial charge in [0.25, 0.3) is 0 Å². The van der Waals surface area contributed by atoms with Crippen LogP contribution in [-0.4, -0.2) is 48.1 Å². The molecule has 18 heavy (non-hydrogen) atoms. The molecule has 2 aliphatic rings. The number of carbonyl (C=O) groups excluding carboxylic acids is 2. The molecule has 0 spiro atoms. The van der Waals surface area contributed by atoms with Gasteiger partial charge in [0.05, 0.1) is 12.6 Å². The zero-order valence-corrected chi connectivity index (χ0v) is 11.1. The molecule has 2 fully saturated rings. The number of rotatable bonds is 3. The Labute approximate surface area is 108 Å². The SMILES string of the molecule is CCC1NC(=O)C(CC)N(C2CCCOC2)C1=O. The van der Waals surface area contributed by atoms with Crippen molar-refractivity contribution in [2.45, 2.75) is 57.7 Å². The summed E-state index contributed by atoms with van der Waals surface area (Å²) in [6.07, 6.45) is 3.20. The maximum absolute atomic E-state index is 12.4. The lowest BCUT2D eigenvalue weighted by atomic mass is 9.98. The molecular weight excluding hydrogens is 232 g/mol. The molecule has 5 nitrogen and oxygen atoms in total. The van der Waals surface area contributed by atoms with E-state index in [0.29, 0.717) is 19.4 Å². The molecule has 2 rings (SSSR count). The third-order valence-electron chi connectivity index (χ3n) is 3.83. The Morgan fingerprint density at radius 3 is 2.67 bits per heavy atom. The molecule has 0 bridgehead atoms. The lowest BCUT2D eigenvalue weighted by molar-refractivity contribution is -0.155. The molecule has 1 N–H and O–H groups in total. The number of hydrogen-bond donors (Lipinski definition) is 1. The second-order valence-electron chi connectivity index (χ2n) is 5.01. The van der Waals surface area contributed by atoms with E-state index >= 15 is 0 Å². The van der Waals surface area contributed by atoms with Crippen molar-refractivity contribution in [3.05, 3.63) is 0 Å². The average Bonchev–Trinajstić information content (AvgIpc) is 2.41. The van der Waals surface area contributed by atoms with Crippen molar-refractivity contribution in [3.63, 3.8) is 0 Å². The minimum atomic E-state index is -0.359. The summed E-state index contributed by atoms with van der Waals surface area (Å²) in [4.78, 5) is 26.3. The van der Waals surface area contributed by atoms with Gasteiger partial charge in [-0.2, -0.15) is 0 Å². The van der Waals surface area contributed by atoms with Gasteiger partial charge in [-0.05, 0) is 25.7 Å². The second kappa shape index (κ2) is 5.69. The number of nitrogens with one attached hydrogen (secondary N) is 1. The minimum Gasteiger partial charge on any atom is -0.379 e.